The Bertz CT molecular complexity index is 489. The molecule has 0 aliphatic carbocycles. The number of hydrogen-bond donors (Lipinski definition) is 1. The third-order valence-corrected chi connectivity index (χ3v) is 3.54. The normalized spacial score (nSPS) is 21.9. The van der Waals surface area contributed by atoms with E-state index in [4.69, 9.17) is 0 Å². The Kier molecular flexibility index (Phi) is 4.74. The minimum absolute atomic E-state index is 0.166. The molecule has 1 aliphatic heterocycles. The molecule has 2 atom stereocenters. The van der Waals surface area contributed by atoms with Crippen molar-refractivity contribution >= 4 is 11.7 Å². The highest BCUT2D eigenvalue weighted by Gasteiger charge is 2.32. The average molecular weight is 293 g/mol. The molecule has 1 aromatic heterocycles. The number of β-amino-alcohol motifs (C(OH)–C–C–N with tert-alkyl or cyclic N) is 1. The first-order valence-corrected chi connectivity index (χ1v) is 7.03. The molecule has 1 fully saturated rings. The molecule has 2 heterocycles. The van der Waals surface area contributed by atoms with Crippen LogP contribution < -0.4 is 4.90 Å². The lowest BCUT2D eigenvalue weighted by Gasteiger charge is -2.27. The van der Waals surface area contributed by atoms with Crippen molar-refractivity contribution in [1.29, 1.82) is 0 Å². The molecule has 1 aromatic rings. The van der Waals surface area contributed by atoms with Crippen LogP contribution in [-0.2, 0) is 0 Å². The number of nitrogens with zero attached hydrogens (tertiary/aromatic N) is 5. The first-order valence-electron chi connectivity index (χ1n) is 7.03. The van der Waals surface area contributed by atoms with Crippen molar-refractivity contribution < 1.29 is 9.90 Å². The van der Waals surface area contributed by atoms with Crippen LogP contribution in [-0.4, -0.2) is 84.4 Å². The summed E-state index contributed by atoms with van der Waals surface area (Å²) in [4.78, 5) is 17.4. The number of likely N-dealkylation sites (N-methyl/N-ethyl adjacent to an activating group) is 1. The van der Waals surface area contributed by atoms with E-state index >= 15 is 0 Å². The van der Waals surface area contributed by atoms with Gasteiger partial charge in [0, 0.05) is 33.2 Å². The van der Waals surface area contributed by atoms with Gasteiger partial charge in [0.1, 0.15) is 0 Å². The largest absolute Gasteiger partial charge is 0.391 e. The number of rotatable bonds is 4. The smallest absolute Gasteiger partial charge is 0.273 e. The van der Waals surface area contributed by atoms with Gasteiger partial charge in [0.25, 0.3) is 5.91 Å². The summed E-state index contributed by atoms with van der Waals surface area (Å²) in [6.45, 7) is 1.39. The van der Waals surface area contributed by atoms with Gasteiger partial charge >= 0.3 is 0 Å². The zero-order valence-electron chi connectivity index (χ0n) is 13.0. The molecule has 0 saturated carbocycles. The fraction of sp³-hybridized carbons (Fsp3) is 0.643. The molecule has 1 N–H and O–H groups in total. The van der Waals surface area contributed by atoms with E-state index in [1.165, 1.54) is 4.90 Å². The van der Waals surface area contributed by atoms with Gasteiger partial charge in [0.2, 0.25) is 0 Å². The van der Waals surface area contributed by atoms with Crippen molar-refractivity contribution in [3.8, 4) is 0 Å². The maximum absolute atomic E-state index is 11.8. The van der Waals surface area contributed by atoms with Crippen molar-refractivity contribution in [2.45, 2.75) is 18.6 Å². The molecular weight excluding hydrogens is 270 g/mol. The Morgan fingerprint density at radius 1 is 1.33 bits per heavy atom. The van der Waals surface area contributed by atoms with E-state index in [1.807, 2.05) is 14.1 Å². The van der Waals surface area contributed by atoms with Crippen molar-refractivity contribution in [3.05, 3.63) is 17.8 Å². The Hall–Kier alpha value is -1.73. The molecule has 2 rings (SSSR count). The molecule has 2 unspecified atom stereocenters. The minimum atomic E-state index is -0.347. The van der Waals surface area contributed by atoms with Gasteiger partial charge in [-0.3, -0.25) is 4.79 Å². The summed E-state index contributed by atoms with van der Waals surface area (Å²) >= 11 is 0. The zero-order valence-corrected chi connectivity index (χ0v) is 13.0. The van der Waals surface area contributed by atoms with Crippen LogP contribution in [0.5, 0.6) is 0 Å². The molecule has 0 radical (unpaired) electrons. The zero-order chi connectivity index (χ0) is 15.6. The van der Waals surface area contributed by atoms with Crippen LogP contribution >= 0.6 is 0 Å². The third-order valence-electron chi connectivity index (χ3n) is 3.54. The number of hydrogen-bond acceptors (Lipinski definition) is 6. The SMILES string of the molecule is CN(C)CC1CC(O)CN1c1ccc(C(=O)N(C)C)nn1. The fourth-order valence-corrected chi connectivity index (χ4v) is 2.59. The third kappa shape index (κ3) is 3.68. The van der Waals surface area contributed by atoms with Crippen molar-refractivity contribution in [2.24, 2.45) is 0 Å². The quantitative estimate of drug-likeness (QED) is 0.820. The van der Waals surface area contributed by atoms with Crippen LogP contribution in [0.15, 0.2) is 12.1 Å². The molecule has 116 valence electrons. The Balaban J connectivity index is 2.15. The average Bonchev–Trinajstić information content (AvgIpc) is 2.78. The second-order valence-corrected chi connectivity index (χ2v) is 5.93. The first-order chi connectivity index (χ1) is 9.88. The van der Waals surface area contributed by atoms with E-state index in [-0.39, 0.29) is 18.1 Å². The van der Waals surface area contributed by atoms with Crippen LogP contribution in [0.25, 0.3) is 0 Å². The number of aliphatic hydroxyl groups excluding tert-OH is 1. The van der Waals surface area contributed by atoms with Gasteiger partial charge in [-0.1, -0.05) is 0 Å². The number of aliphatic hydroxyl groups is 1. The topological polar surface area (TPSA) is 72.8 Å². The van der Waals surface area contributed by atoms with Crippen LogP contribution in [0.1, 0.15) is 16.9 Å². The standard InChI is InChI=1S/C14H23N5O2/c1-17(2)8-10-7-11(20)9-19(10)13-6-5-12(15-16-13)14(21)18(3)4/h5-6,10-11,20H,7-9H2,1-4H3. The Morgan fingerprint density at radius 3 is 2.57 bits per heavy atom. The van der Waals surface area contributed by atoms with E-state index in [1.54, 1.807) is 26.2 Å². The number of anilines is 1. The van der Waals surface area contributed by atoms with Gasteiger partial charge in [-0.25, -0.2) is 0 Å². The summed E-state index contributed by atoms with van der Waals surface area (Å²) in [5.41, 5.74) is 0.327. The molecular formula is C14H23N5O2. The van der Waals surface area contributed by atoms with E-state index in [0.717, 1.165) is 13.0 Å². The Morgan fingerprint density at radius 2 is 2.05 bits per heavy atom. The minimum Gasteiger partial charge on any atom is -0.391 e. The molecule has 7 heteroatoms. The molecule has 0 bridgehead atoms. The fourth-order valence-electron chi connectivity index (χ4n) is 2.59. The van der Waals surface area contributed by atoms with Crippen LogP contribution in [0, 0.1) is 0 Å². The highest BCUT2D eigenvalue weighted by molar-refractivity contribution is 5.91. The maximum atomic E-state index is 11.8. The van der Waals surface area contributed by atoms with Crippen molar-refractivity contribution in [3.63, 3.8) is 0 Å². The summed E-state index contributed by atoms with van der Waals surface area (Å²) in [6, 6.07) is 3.69. The van der Waals surface area contributed by atoms with Crippen molar-refractivity contribution in [2.75, 3.05) is 46.2 Å². The number of aromatic nitrogens is 2. The van der Waals surface area contributed by atoms with Crippen LogP contribution in [0.4, 0.5) is 5.82 Å². The Labute approximate surface area is 125 Å². The summed E-state index contributed by atoms with van der Waals surface area (Å²) in [5.74, 6) is 0.536. The van der Waals surface area contributed by atoms with E-state index in [2.05, 4.69) is 20.0 Å². The van der Waals surface area contributed by atoms with Crippen LogP contribution in [0.2, 0.25) is 0 Å². The molecule has 1 amide bonds. The summed E-state index contributed by atoms with van der Waals surface area (Å²) in [7, 11) is 7.38. The maximum Gasteiger partial charge on any atom is 0.273 e. The first kappa shape index (κ1) is 15.7. The summed E-state index contributed by atoms with van der Waals surface area (Å²) in [6.07, 6.45) is 0.373. The van der Waals surface area contributed by atoms with Gasteiger partial charge < -0.3 is 19.8 Å². The number of carbonyl (C=O) groups is 1. The second-order valence-electron chi connectivity index (χ2n) is 5.93. The molecule has 1 saturated heterocycles. The van der Waals surface area contributed by atoms with Gasteiger partial charge in [-0.2, -0.15) is 0 Å². The molecule has 0 spiro atoms. The van der Waals surface area contributed by atoms with Crippen molar-refractivity contribution in [1.82, 2.24) is 20.0 Å². The molecule has 0 aromatic carbocycles. The predicted molar refractivity (Wildman–Crippen MR) is 80.4 cm³/mol. The monoisotopic (exact) mass is 293 g/mol. The van der Waals surface area contributed by atoms with Gasteiger partial charge in [-0.15, -0.1) is 10.2 Å². The second kappa shape index (κ2) is 6.36. The van der Waals surface area contributed by atoms with Gasteiger partial charge in [0.05, 0.1) is 6.10 Å². The number of amides is 1. The lowest BCUT2D eigenvalue weighted by Crippen LogP contribution is -2.38. The highest BCUT2D eigenvalue weighted by atomic mass is 16.3. The van der Waals surface area contributed by atoms with E-state index < -0.39 is 0 Å². The van der Waals surface area contributed by atoms with Crippen LogP contribution in [0.3, 0.4) is 0 Å². The van der Waals surface area contributed by atoms with Gasteiger partial charge in [-0.05, 0) is 32.6 Å². The van der Waals surface area contributed by atoms with E-state index in [0.29, 0.717) is 18.1 Å². The van der Waals surface area contributed by atoms with Gasteiger partial charge in [0.15, 0.2) is 11.5 Å². The lowest BCUT2D eigenvalue weighted by atomic mass is 10.2. The van der Waals surface area contributed by atoms with E-state index in [9.17, 15) is 9.90 Å². The molecule has 21 heavy (non-hydrogen) atoms. The number of carbonyl (C=O) groups excluding carboxylic acids is 1. The highest BCUT2D eigenvalue weighted by Crippen LogP contribution is 2.24. The summed E-state index contributed by atoms with van der Waals surface area (Å²) < 4.78 is 0. The summed E-state index contributed by atoms with van der Waals surface area (Å²) in [5, 5.41) is 18.1. The lowest BCUT2D eigenvalue weighted by molar-refractivity contribution is 0.0821. The predicted octanol–water partition coefficient (Wildman–Crippen LogP) is -0.320. The molecule has 7 nitrogen and oxygen atoms in total. The molecule has 1 aliphatic rings.